The first-order valence-corrected chi connectivity index (χ1v) is 7.29. The summed E-state index contributed by atoms with van der Waals surface area (Å²) in [5.41, 5.74) is 1.56. The number of halogens is 1. The summed E-state index contributed by atoms with van der Waals surface area (Å²) in [6.45, 7) is 0.456. The second-order valence-corrected chi connectivity index (χ2v) is 5.08. The van der Waals surface area contributed by atoms with Crippen LogP contribution in [0.3, 0.4) is 0 Å². The van der Waals surface area contributed by atoms with Crippen LogP contribution in [0.15, 0.2) is 48.5 Å². The molecular weight excluding hydrogens is 300 g/mol. The van der Waals surface area contributed by atoms with Crippen LogP contribution in [-0.2, 0) is 0 Å². The van der Waals surface area contributed by atoms with E-state index in [0.29, 0.717) is 23.3 Å². The summed E-state index contributed by atoms with van der Waals surface area (Å²) < 4.78 is 0. The standard InChI is InChI=1S/C16H15ClN4O/c17-12-6-2-4-8-14(12)20-16-19-13-7-3-1-5-11(13)15(21-16)18-9-10-22/h1-8,22H,9-10H2,(H2,18,19,20,21). The predicted octanol–water partition coefficient (Wildman–Crippen LogP) is 3.43. The Morgan fingerprint density at radius 3 is 2.59 bits per heavy atom. The van der Waals surface area contributed by atoms with Crippen molar-refractivity contribution >= 4 is 40.0 Å². The van der Waals surface area contributed by atoms with Crippen LogP contribution in [0.4, 0.5) is 17.5 Å². The summed E-state index contributed by atoms with van der Waals surface area (Å²) in [4.78, 5) is 8.97. The van der Waals surface area contributed by atoms with Gasteiger partial charge in [0.15, 0.2) is 0 Å². The van der Waals surface area contributed by atoms with Gasteiger partial charge < -0.3 is 15.7 Å². The molecule has 0 aliphatic rings. The van der Waals surface area contributed by atoms with Crippen LogP contribution in [0, 0.1) is 0 Å². The number of fused-ring (bicyclic) bond motifs is 1. The van der Waals surface area contributed by atoms with E-state index in [-0.39, 0.29) is 6.61 Å². The van der Waals surface area contributed by atoms with Crippen LogP contribution < -0.4 is 10.6 Å². The lowest BCUT2D eigenvalue weighted by atomic mass is 10.2. The SMILES string of the molecule is OCCNc1nc(Nc2ccccc2Cl)nc2ccccc12. The smallest absolute Gasteiger partial charge is 0.229 e. The molecule has 0 saturated carbocycles. The van der Waals surface area contributed by atoms with Crippen molar-refractivity contribution in [1.29, 1.82) is 0 Å². The Labute approximate surface area is 133 Å². The topological polar surface area (TPSA) is 70.1 Å². The van der Waals surface area contributed by atoms with E-state index in [1.807, 2.05) is 42.5 Å². The van der Waals surface area contributed by atoms with E-state index in [2.05, 4.69) is 20.6 Å². The molecule has 0 radical (unpaired) electrons. The minimum atomic E-state index is 0.0333. The molecule has 3 N–H and O–H groups in total. The molecule has 0 unspecified atom stereocenters. The van der Waals surface area contributed by atoms with Crippen molar-refractivity contribution in [3.05, 3.63) is 53.6 Å². The molecule has 5 nitrogen and oxygen atoms in total. The number of anilines is 3. The number of hydrogen-bond acceptors (Lipinski definition) is 5. The molecule has 3 rings (SSSR count). The maximum absolute atomic E-state index is 9.00. The van der Waals surface area contributed by atoms with Gasteiger partial charge in [-0.05, 0) is 24.3 Å². The first-order valence-electron chi connectivity index (χ1n) is 6.91. The molecule has 0 bridgehead atoms. The summed E-state index contributed by atoms with van der Waals surface area (Å²) in [6, 6.07) is 15.1. The Morgan fingerprint density at radius 2 is 1.77 bits per heavy atom. The van der Waals surface area contributed by atoms with E-state index in [1.54, 1.807) is 6.07 Å². The number of aromatic nitrogens is 2. The number of rotatable bonds is 5. The van der Waals surface area contributed by atoms with Crippen LogP contribution in [0.5, 0.6) is 0 Å². The molecule has 1 heterocycles. The number of benzene rings is 2. The summed E-state index contributed by atoms with van der Waals surface area (Å²) >= 11 is 6.15. The van der Waals surface area contributed by atoms with E-state index < -0.39 is 0 Å². The van der Waals surface area contributed by atoms with Gasteiger partial charge in [-0.3, -0.25) is 0 Å². The average Bonchev–Trinajstić information content (AvgIpc) is 2.55. The van der Waals surface area contributed by atoms with Crippen molar-refractivity contribution in [2.45, 2.75) is 0 Å². The van der Waals surface area contributed by atoms with Gasteiger partial charge >= 0.3 is 0 Å². The summed E-state index contributed by atoms with van der Waals surface area (Å²) in [7, 11) is 0. The first kappa shape index (κ1) is 14.6. The molecule has 0 amide bonds. The minimum absolute atomic E-state index is 0.0333. The Bertz CT molecular complexity index is 794. The molecule has 1 aromatic heterocycles. The lowest BCUT2D eigenvalue weighted by molar-refractivity contribution is 0.311. The van der Waals surface area contributed by atoms with Crippen molar-refractivity contribution in [1.82, 2.24) is 9.97 Å². The second kappa shape index (κ2) is 6.60. The molecule has 3 aromatic rings. The molecule has 0 aliphatic carbocycles. The monoisotopic (exact) mass is 314 g/mol. The summed E-state index contributed by atoms with van der Waals surface area (Å²) in [5.74, 6) is 1.13. The van der Waals surface area contributed by atoms with Gasteiger partial charge in [-0.2, -0.15) is 4.98 Å². The van der Waals surface area contributed by atoms with Crippen molar-refractivity contribution in [3.8, 4) is 0 Å². The number of aliphatic hydroxyl groups is 1. The summed E-state index contributed by atoms with van der Waals surface area (Å²) in [5, 5.41) is 16.7. The molecule has 0 saturated heterocycles. The molecule has 0 aliphatic heterocycles. The quantitative estimate of drug-likeness (QED) is 0.673. The van der Waals surface area contributed by atoms with Gasteiger partial charge in [-0.25, -0.2) is 4.98 Å². The number of para-hydroxylation sites is 2. The number of nitrogens with zero attached hydrogens (tertiary/aromatic N) is 2. The lowest BCUT2D eigenvalue weighted by Gasteiger charge is -2.11. The Balaban J connectivity index is 2.01. The third-order valence-corrected chi connectivity index (χ3v) is 3.46. The van der Waals surface area contributed by atoms with Gasteiger partial charge in [-0.1, -0.05) is 35.9 Å². The number of hydrogen-bond donors (Lipinski definition) is 3. The zero-order valence-electron chi connectivity index (χ0n) is 11.8. The van der Waals surface area contributed by atoms with E-state index in [4.69, 9.17) is 16.7 Å². The van der Waals surface area contributed by atoms with Crippen LogP contribution in [0.2, 0.25) is 5.02 Å². The molecule has 6 heteroatoms. The fourth-order valence-corrected chi connectivity index (χ4v) is 2.31. The highest BCUT2D eigenvalue weighted by Crippen LogP contribution is 2.26. The first-order chi connectivity index (χ1) is 10.8. The van der Waals surface area contributed by atoms with E-state index >= 15 is 0 Å². The van der Waals surface area contributed by atoms with Crippen molar-refractivity contribution in [2.24, 2.45) is 0 Å². The minimum Gasteiger partial charge on any atom is -0.395 e. The van der Waals surface area contributed by atoms with Gasteiger partial charge in [-0.15, -0.1) is 0 Å². The highest BCUT2D eigenvalue weighted by molar-refractivity contribution is 6.33. The maximum Gasteiger partial charge on any atom is 0.229 e. The predicted molar refractivity (Wildman–Crippen MR) is 89.8 cm³/mol. The van der Waals surface area contributed by atoms with E-state index in [9.17, 15) is 0 Å². The Kier molecular flexibility index (Phi) is 4.37. The second-order valence-electron chi connectivity index (χ2n) is 4.67. The molecule has 2 aromatic carbocycles. The number of aliphatic hydroxyl groups excluding tert-OH is 1. The van der Waals surface area contributed by atoms with E-state index in [1.165, 1.54) is 0 Å². The Morgan fingerprint density at radius 1 is 1.00 bits per heavy atom. The molecular formula is C16H15ClN4O. The zero-order valence-corrected chi connectivity index (χ0v) is 12.5. The van der Waals surface area contributed by atoms with Gasteiger partial charge in [0.25, 0.3) is 0 Å². The van der Waals surface area contributed by atoms with Crippen molar-refractivity contribution in [3.63, 3.8) is 0 Å². The third kappa shape index (κ3) is 3.10. The highest BCUT2D eigenvalue weighted by Gasteiger charge is 2.08. The normalized spacial score (nSPS) is 10.6. The third-order valence-electron chi connectivity index (χ3n) is 3.13. The summed E-state index contributed by atoms with van der Waals surface area (Å²) in [6.07, 6.45) is 0. The molecule has 22 heavy (non-hydrogen) atoms. The fraction of sp³-hybridized carbons (Fsp3) is 0.125. The fourth-order valence-electron chi connectivity index (χ4n) is 2.12. The largest absolute Gasteiger partial charge is 0.395 e. The molecule has 0 spiro atoms. The molecule has 0 fully saturated rings. The highest BCUT2D eigenvalue weighted by atomic mass is 35.5. The van der Waals surface area contributed by atoms with Gasteiger partial charge in [0, 0.05) is 11.9 Å². The lowest BCUT2D eigenvalue weighted by Crippen LogP contribution is -2.09. The van der Waals surface area contributed by atoms with E-state index in [0.717, 1.165) is 16.6 Å². The van der Waals surface area contributed by atoms with Gasteiger partial charge in [0.05, 0.1) is 22.8 Å². The van der Waals surface area contributed by atoms with Crippen molar-refractivity contribution < 1.29 is 5.11 Å². The van der Waals surface area contributed by atoms with Crippen LogP contribution in [-0.4, -0.2) is 28.2 Å². The zero-order chi connectivity index (χ0) is 15.4. The van der Waals surface area contributed by atoms with Crippen molar-refractivity contribution in [2.75, 3.05) is 23.8 Å². The van der Waals surface area contributed by atoms with Crippen LogP contribution in [0.25, 0.3) is 10.9 Å². The van der Waals surface area contributed by atoms with Crippen LogP contribution in [0.1, 0.15) is 0 Å². The van der Waals surface area contributed by atoms with Crippen LogP contribution >= 0.6 is 11.6 Å². The average molecular weight is 315 g/mol. The Hall–Kier alpha value is -2.37. The maximum atomic E-state index is 9.00. The number of nitrogens with one attached hydrogen (secondary N) is 2. The molecule has 112 valence electrons. The van der Waals surface area contributed by atoms with Gasteiger partial charge in [0.2, 0.25) is 5.95 Å². The molecule has 0 atom stereocenters. The van der Waals surface area contributed by atoms with Gasteiger partial charge in [0.1, 0.15) is 5.82 Å².